The van der Waals surface area contributed by atoms with Gasteiger partial charge in [0, 0.05) is 0 Å². The van der Waals surface area contributed by atoms with Crippen molar-refractivity contribution in [1.82, 2.24) is 15.3 Å². The van der Waals surface area contributed by atoms with Crippen LogP contribution in [0.1, 0.15) is 48.7 Å². The molecule has 2 aromatic rings. The third-order valence-electron chi connectivity index (χ3n) is 2.68. The van der Waals surface area contributed by atoms with Gasteiger partial charge in [0.25, 0.3) is 5.91 Å². The molecule has 1 atom stereocenters. The highest BCUT2D eigenvalue weighted by molar-refractivity contribution is 7.13. The number of carboxylic acid groups (broad SMARTS) is 1. The number of aromatic carboxylic acids is 1. The zero-order valence-corrected chi connectivity index (χ0v) is 12.8. The Morgan fingerprint density at radius 2 is 2.00 bits per heavy atom. The molecule has 2 rings (SSSR count). The lowest BCUT2D eigenvalue weighted by molar-refractivity contribution is 0.0701. The average Bonchev–Trinajstić information content (AvgIpc) is 2.95. The SMILES string of the molecule is Cc1nc(C(C)NC(=O)c2scnc2C)sc1C(=O)O. The van der Waals surface area contributed by atoms with E-state index in [-0.39, 0.29) is 16.8 Å². The molecule has 1 amide bonds. The molecule has 0 aromatic carbocycles. The molecule has 0 saturated heterocycles. The molecule has 0 aliphatic rings. The minimum Gasteiger partial charge on any atom is -0.477 e. The molecule has 0 saturated carbocycles. The Morgan fingerprint density at radius 1 is 1.30 bits per heavy atom. The van der Waals surface area contributed by atoms with Crippen molar-refractivity contribution in [2.24, 2.45) is 0 Å². The number of amides is 1. The van der Waals surface area contributed by atoms with Crippen LogP contribution in [-0.2, 0) is 0 Å². The van der Waals surface area contributed by atoms with Gasteiger partial charge in [-0.05, 0) is 20.8 Å². The van der Waals surface area contributed by atoms with Crippen LogP contribution in [0.3, 0.4) is 0 Å². The number of aryl methyl sites for hydroxylation is 2. The molecule has 0 aliphatic carbocycles. The standard InChI is InChI=1S/C12H13N3O3S2/c1-5-8(19-4-13-5)10(16)14-7(3)11-15-6(2)9(20-11)12(17)18/h4,7H,1-3H3,(H,14,16)(H,17,18). The molecule has 20 heavy (non-hydrogen) atoms. The largest absolute Gasteiger partial charge is 0.477 e. The normalized spacial score (nSPS) is 12.2. The van der Waals surface area contributed by atoms with Crippen LogP contribution in [-0.4, -0.2) is 27.0 Å². The van der Waals surface area contributed by atoms with Crippen LogP contribution in [0.2, 0.25) is 0 Å². The van der Waals surface area contributed by atoms with Gasteiger partial charge >= 0.3 is 5.97 Å². The highest BCUT2D eigenvalue weighted by atomic mass is 32.1. The fourth-order valence-corrected chi connectivity index (χ4v) is 3.26. The highest BCUT2D eigenvalue weighted by Gasteiger charge is 2.20. The molecule has 8 heteroatoms. The van der Waals surface area contributed by atoms with Gasteiger partial charge in [-0.1, -0.05) is 0 Å². The summed E-state index contributed by atoms with van der Waals surface area (Å²) >= 11 is 2.36. The molecular formula is C12H13N3O3S2. The van der Waals surface area contributed by atoms with Crippen molar-refractivity contribution in [2.45, 2.75) is 26.8 Å². The number of nitrogens with zero attached hydrogens (tertiary/aromatic N) is 2. The average molecular weight is 311 g/mol. The number of carbonyl (C=O) groups excluding carboxylic acids is 1. The zero-order valence-electron chi connectivity index (χ0n) is 11.1. The second kappa shape index (κ2) is 5.68. The molecule has 6 nitrogen and oxygen atoms in total. The third kappa shape index (κ3) is 2.86. The fourth-order valence-electron chi connectivity index (χ4n) is 1.64. The molecule has 106 valence electrons. The summed E-state index contributed by atoms with van der Waals surface area (Å²) in [6, 6.07) is -0.346. The van der Waals surface area contributed by atoms with Crippen LogP contribution >= 0.6 is 22.7 Å². The summed E-state index contributed by atoms with van der Waals surface area (Å²) < 4.78 is 0. The Balaban J connectivity index is 2.14. The van der Waals surface area contributed by atoms with Crippen molar-refractivity contribution in [2.75, 3.05) is 0 Å². The van der Waals surface area contributed by atoms with Gasteiger partial charge in [0.05, 0.1) is 22.9 Å². The number of aromatic nitrogens is 2. The molecule has 2 N–H and O–H groups in total. The Morgan fingerprint density at radius 3 is 2.50 bits per heavy atom. The predicted octanol–water partition coefficient (Wildman–Crippen LogP) is 2.41. The number of carbonyl (C=O) groups is 2. The van der Waals surface area contributed by atoms with Gasteiger partial charge in [-0.25, -0.2) is 14.8 Å². The molecule has 0 radical (unpaired) electrons. The van der Waals surface area contributed by atoms with Gasteiger partial charge in [0.15, 0.2) is 0 Å². The van der Waals surface area contributed by atoms with Crippen LogP contribution < -0.4 is 5.32 Å². The lowest BCUT2D eigenvalue weighted by Gasteiger charge is -2.10. The summed E-state index contributed by atoms with van der Waals surface area (Å²) in [4.78, 5) is 32.0. The van der Waals surface area contributed by atoms with Crippen molar-refractivity contribution in [3.05, 3.63) is 31.7 Å². The molecule has 0 spiro atoms. The first kappa shape index (κ1) is 14.6. The summed E-state index contributed by atoms with van der Waals surface area (Å²) in [6.45, 7) is 5.19. The van der Waals surface area contributed by atoms with Crippen LogP contribution in [0.25, 0.3) is 0 Å². The third-order valence-corrected chi connectivity index (χ3v) is 4.93. The van der Waals surface area contributed by atoms with Crippen LogP contribution in [0.15, 0.2) is 5.51 Å². The number of hydrogen-bond acceptors (Lipinski definition) is 6. The van der Waals surface area contributed by atoms with Gasteiger partial charge in [-0.3, -0.25) is 4.79 Å². The van der Waals surface area contributed by atoms with Gasteiger partial charge in [0.1, 0.15) is 14.8 Å². The maximum absolute atomic E-state index is 12.1. The first-order valence-electron chi connectivity index (χ1n) is 5.81. The lowest BCUT2D eigenvalue weighted by atomic mass is 10.3. The van der Waals surface area contributed by atoms with Crippen molar-refractivity contribution in [1.29, 1.82) is 0 Å². The maximum Gasteiger partial charge on any atom is 0.347 e. The molecular weight excluding hydrogens is 298 g/mol. The van der Waals surface area contributed by atoms with Gasteiger partial charge in [-0.2, -0.15) is 0 Å². The van der Waals surface area contributed by atoms with E-state index in [1.165, 1.54) is 11.3 Å². The minimum absolute atomic E-state index is 0.204. The van der Waals surface area contributed by atoms with Crippen molar-refractivity contribution < 1.29 is 14.7 Å². The Kier molecular flexibility index (Phi) is 4.15. The van der Waals surface area contributed by atoms with E-state index in [2.05, 4.69) is 15.3 Å². The molecule has 0 fully saturated rings. The van der Waals surface area contributed by atoms with Crippen molar-refractivity contribution in [3.8, 4) is 0 Å². The van der Waals surface area contributed by atoms with E-state index in [0.29, 0.717) is 21.3 Å². The predicted molar refractivity (Wildman–Crippen MR) is 76.5 cm³/mol. The zero-order chi connectivity index (χ0) is 14.9. The quantitative estimate of drug-likeness (QED) is 0.904. The van der Waals surface area contributed by atoms with Gasteiger partial charge in [-0.15, -0.1) is 22.7 Å². The smallest absolute Gasteiger partial charge is 0.347 e. The molecule has 0 bridgehead atoms. The molecule has 1 unspecified atom stereocenters. The van der Waals surface area contributed by atoms with Gasteiger partial charge < -0.3 is 10.4 Å². The summed E-state index contributed by atoms with van der Waals surface area (Å²) in [5.74, 6) is -1.22. The highest BCUT2D eigenvalue weighted by Crippen LogP contribution is 2.24. The number of thiazole rings is 2. The van der Waals surface area contributed by atoms with E-state index in [4.69, 9.17) is 5.11 Å². The Bertz CT molecular complexity index is 663. The number of carboxylic acids is 1. The second-order valence-corrected chi connectivity index (χ2v) is 6.12. The van der Waals surface area contributed by atoms with E-state index < -0.39 is 5.97 Å². The maximum atomic E-state index is 12.1. The monoisotopic (exact) mass is 311 g/mol. The summed E-state index contributed by atoms with van der Waals surface area (Å²) in [6.07, 6.45) is 0. The van der Waals surface area contributed by atoms with E-state index in [9.17, 15) is 9.59 Å². The molecule has 2 heterocycles. The van der Waals surface area contributed by atoms with Crippen molar-refractivity contribution in [3.63, 3.8) is 0 Å². The molecule has 0 aliphatic heterocycles. The summed E-state index contributed by atoms with van der Waals surface area (Å²) in [7, 11) is 0. The molecule has 2 aromatic heterocycles. The van der Waals surface area contributed by atoms with E-state index in [1.807, 2.05) is 0 Å². The Hall–Kier alpha value is -1.80. The van der Waals surface area contributed by atoms with E-state index >= 15 is 0 Å². The second-order valence-electron chi connectivity index (χ2n) is 4.23. The number of hydrogen-bond donors (Lipinski definition) is 2. The van der Waals surface area contributed by atoms with Crippen LogP contribution in [0.5, 0.6) is 0 Å². The lowest BCUT2D eigenvalue weighted by Crippen LogP contribution is -2.26. The first-order chi connectivity index (χ1) is 9.40. The van der Waals surface area contributed by atoms with E-state index in [1.54, 1.807) is 26.3 Å². The summed E-state index contributed by atoms with van der Waals surface area (Å²) in [5.41, 5.74) is 2.76. The minimum atomic E-state index is -0.997. The Labute approximate surface area is 123 Å². The van der Waals surface area contributed by atoms with Crippen LogP contribution in [0.4, 0.5) is 0 Å². The van der Waals surface area contributed by atoms with Gasteiger partial charge in [0.2, 0.25) is 0 Å². The topological polar surface area (TPSA) is 92.2 Å². The van der Waals surface area contributed by atoms with Crippen LogP contribution in [0, 0.1) is 13.8 Å². The number of nitrogens with one attached hydrogen (secondary N) is 1. The van der Waals surface area contributed by atoms with Crippen molar-refractivity contribution >= 4 is 34.6 Å². The first-order valence-corrected chi connectivity index (χ1v) is 7.51. The summed E-state index contributed by atoms with van der Waals surface area (Å²) in [5, 5.41) is 12.4. The fraction of sp³-hybridized carbons (Fsp3) is 0.333. The number of rotatable bonds is 4. The van der Waals surface area contributed by atoms with E-state index in [0.717, 1.165) is 11.3 Å².